The molecule has 132 valence electrons. The van der Waals surface area contributed by atoms with Crippen molar-refractivity contribution in [2.45, 2.75) is 25.3 Å². The van der Waals surface area contributed by atoms with Crippen molar-refractivity contribution in [1.82, 2.24) is 9.88 Å². The Hall–Kier alpha value is -2.60. The Bertz CT molecular complexity index is 676. The monoisotopic (exact) mass is 342 g/mol. The van der Waals surface area contributed by atoms with E-state index in [0.29, 0.717) is 23.9 Å². The van der Waals surface area contributed by atoms with Crippen molar-refractivity contribution in [3.63, 3.8) is 0 Å². The van der Waals surface area contributed by atoms with Gasteiger partial charge in [0.2, 0.25) is 5.88 Å². The number of benzene rings is 1. The number of aliphatic hydroxyl groups is 1. The topological polar surface area (TPSA) is 71.9 Å². The van der Waals surface area contributed by atoms with Gasteiger partial charge in [-0.3, -0.25) is 4.79 Å². The van der Waals surface area contributed by atoms with Gasteiger partial charge in [0.25, 0.3) is 5.91 Å². The lowest BCUT2D eigenvalue weighted by atomic mass is 10.0. The number of carbonyl (C=O) groups excluding carboxylic acids is 1. The highest BCUT2D eigenvalue weighted by Gasteiger charge is 2.26. The fraction of sp³-hybridized carbons (Fsp3) is 0.368. The third-order valence-corrected chi connectivity index (χ3v) is 4.20. The Morgan fingerprint density at radius 1 is 1.16 bits per heavy atom. The summed E-state index contributed by atoms with van der Waals surface area (Å²) in [6.07, 6.45) is 4.54. The average molecular weight is 342 g/mol. The smallest absolute Gasteiger partial charge is 0.260 e. The van der Waals surface area contributed by atoms with Crippen LogP contribution in [-0.4, -0.2) is 46.7 Å². The maximum Gasteiger partial charge on any atom is 0.260 e. The lowest BCUT2D eigenvalue weighted by molar-refractivity contribution is -0.138. The minimum atomic E-state index is -0.0902. The van der Waals surface area contributed by atoms with E-state index in [0.717, 1.165) is 19.3 Å². The number of rotatable bonds is 6. The molecule has 1 atom stereocenters. The molecule has 1 aromatic heterocycles. The first-order valence-electron chi connectivity index (χ1n) is 8.48. The maximum absolute atomic E-state index is 12.3. The number of amides is 1. The van der Waals surface area contributed by atoms with Crippen molar-refractivity contribution >= 4 is 5.91 Å². The maximum atomic E-state index is 12.3. The lowest BCUT2D eigenvalue weighted by Gasteiger charge is -2.34. The molecule has 3 rings (SSSR count). The van der Waals surface area contributed by atoms with Gasteiger partial charge in [0.15, 0.2) is 6.61 Å². The van der Waals surface area contributed by atoms with Gasteiger partial charge in [-0.2, -0.15) is 0 Å². The Kier molecular flexibility index (Phi) is 5.85. The molecule has 2 heterocycles. The van der Waals surface area contributed by atoms with Gasteiger partial charge in [-0.05, 0) is 49.6 Å². The number of nitrogens with zero attached hydrogens (tertiary/aromatic N) is 2. The van der Waals surface area contributed by atoms with Crippen molar-refractivity contribution < 1.29 is 19.4 Å². The van der Waals surface area contributed by atoms with Crippen LogP contribution in [0.2, 0.25) is 0 Å². The summed E-state index contributed by atoms with van der Waals surface area (Å²) in [5, 5.41) is 9.39. The number of likely N-dealkylation sites (tertiary alicyclic amines) is 1. The SMILES string of the molecule is O=C(COc1ccc(Oc2ccccn2)cc1)N1CCCCC1CO. The molecule has 1 saturated heterocycles. The van der Waals surface area contributed by atoms with Crippen LogP contribution in [-0.2, 0) is 4.79 Å². The van der Waals surface area contributed by atoms with Gasteiger partial charge in [0.05, 0.1) is 12.6 Å². The number of hydrogen-bond donors (Lipinski definition) is 1. The summed E-state index contributed by atoms with van der Waals surface area (Å²) in [5.74, 6) is 1.67. The van der Waals surface area contributed by atoms with E-state index in [1.165, 1.54) is 0 Å². The lowest BCUT2D eigenvalue weighted by Crippen LogP contribution is -2.47. The summed E-state index contributed by atoms with van der Waals surface area (Å²) in [7, 11) is 0. The van der Waals surface area contributed by atoms with E-state index < -0.39 is 0 Å². The van der Waals surface area contributed by atoms with Crippen LogP contribution in [0.25, 0.3) is 0 Å². The van der Waals surface area contributed by atoms with Crippen molar-refractivity contribution in [1.29, 1.82) is 0 Å². The fourth-order valence-corrected chi connectivity index (χ4v) is 2.88. The zero-order valence-corrected chi connectivity index (χ0v) is 14.0. The third kappa shape index (κ3) is 4.70. The molecule has 0 spiro atoms. The largest absolute Gasteiger partial charge is 0.484 e. The van der Waals surface area contributed by atoms with Gasteiger partial charge in [0.1, 0.15) is 11.5 Å². The Balaban J connectivity index is 1.52. The molecule has 2 aromatic rings. The van der Waals surface area contributed by atoms with Crippen molar-refractivity contribution in [2.24, 2.45) is 0 Å². The van der Waals surface area contributed by atoms with Crippen LogP contribution < -0.4 is 9.47 Å². The molecule has 25 heavy (non-hydrogen) atoms. The van der Waals surface area contributed by atoms with Crippen LogP contribution in [0.15, 0.2) is 48.7 Å². The number of piperidine rings is 1. The molecule has 0 radical (unpaired) electrons. The van der Waals surface area contributed by atoms with Crippen LogP contribution in [0, 0.1) is 0 Å². The van der Waals surface area contributed by atoms with Crippen LogP contribution in [0.5, 0.6) is 17.4 Å². The van der Waals surface area contributed by atoms with E-state index in [4.69, 9.17) is 9.47 Å². The van der Waals surface area contributed by atoms with E-state index in [9.17, 15) is 9.90 Å². The molecule has 0 bridgehead atoms. The van der Waals surface area contributed by atoms with E-state index in [1.807, 2.05) is 12.1 Å². The molecular weight excluding hydrogens is 320 g/mol. The molecule has 0 aliphatic carbocycles. The Labute approximate surface area is 147 Å². The third-order valence-electron chi connectivity index (χ3n) is 4.20. The van der Waals surface area contributed by atoms with Crippen molar-refractivity contribution in [3.8, 4) is 17.4 Å². The molecule has 6 nitrogen and oxygen atoms in total. The second-order valence-corrected chi connectivity index (χ2v) is 5.95. The molecule has 6 heteroatoms. The van der Waals surface area contributed by atoms with Crippen LogP contribution in [0.1, 0.15) is 19.3 Å². The first-order chi connectivity index (χ1) is 12.3. The van der Waals surface area contributed by atoms with Gasteiger partial charge in [-0.15, -0.1) is 0 Å². The average Bonchev–Trinajstić information content (AvgIpc) is 2.68. The summed E-state index contributed by atoms with van der Waals surface area (Å²) in [6.45, 7) is 0.659. The van der Waals surface area contributed by atoms with Gasteiger partial charge < -0.3 is 19.5 Å². The first-order valence-corrected chi connectivity index (χ1v) is 8.48. The molecule has 1 unspecified atom stereocenters. The number of ether oxygens (including phenoxy) is 2. The highest BCUT2D eigenvalue weighted by atomic mass is 16.5. The Morgan fingerprint density at radius 3 is 2.68 bits per heavy atom. The number of aromatic nitrogens is 1. The summed E-state index contributed by atoms with van der Waals surface area (Å²) in [6, 6.07) is 12.4. The molecular formula is C19H22N2O4. The van der Waals surface area contributed by atoms with E-state index in [-0.39, 0.29) is 25.2 Å². The predicted octanol–water partition coefficient (Wildman–Crippen LogP) is 2.63. The fourth-order valence-electron chi connectivity index (χ4n) is 2.88. The second-order valence-electron chi connectivity index (χ2n) is 5.95. The number of carbonyl (C=O) groups is 1. The van der Waals surface area contributed by atoms with Crippen LogP contribution in [0.3, 0.4) is 0 Å². The normalized spacial score (nSPS) is 17.2. The van der Waals surface area contributed by atoms with E-state index in [2.05, 4.69) is 4.98 Å². The van der Waals surface area contributed by atoms with Crippen molar-refractivity contribution in [3.05, 3.63) is 48.7 Å². The standard InChI is InChI=1S/C19H22N2O4/c22-13-15-5-2-4-12-21(15)19(23)14-24-16-7-9-17(10-8-16)25-18-6-1-3-11-20-18/h1,3,6-11,15,22H,2,4-5,12-14H2. The van der Waals surface area contributed by atoms with Crippen LogP contribution in [0.4, 0.5) is 0 Å². The molecule has 1 aliphatic rings. The molecule has 0 saturated carbocycles. The first kappa shape index (κ1) is 17.2. The number of pyridine rings is 1. The predicted molar refractivity (Wildman–Crippen MR) is 92.7 cm³/mol. The zero-order chi connectivity index (χ0) is 17.5. The van der Waals surface area contributed by atoms with Gasteiger partial charge in [-0.25, -0.2) is 4.98 Å². The zero-order valence-electron chi connectivity index (χ0n) is 14.0. The van der Waals surface area contributed by atoms with Gasteiger partial charge >= 0.3 is 0 Å². The second kappa shape index (κ2) is 8.48. The summed E-state index contributed by atoms with van der Waals surface area (Å²) in [4.78, 5) is 18.1. The minimum absolute atomic E-state index is 0.00526. The quantitative estimate of drug-likeness (QED) is 0.874. The molecule has 1 aromatic carbocycles. The van der Waals surface area contributed by atoms with Gasteiger partial charge in [0, 0.05) is 18.8 Å². The highest BCUT2D eigenvalue weighted by Crippen LogP contribution is 2.22. The molecule has 1 fully saturated rings. The summed E-state index contributed by atoms with van der Waals surface area (Å²) in [5.41, 5.74) is 0. The van der Waals surface area contributed by atoms with Crippen molar-refractivity contribution in [2.75, 3.05) is 19.8 Å². The van der Waals surface area contributed by atoms with E-state index in [1.54, 1.807) is 41.4 Å². The molecule has 1 N–H and O–H groups in total. The summed E-state index contributed by atoms with van der Waals surface area (Å²) < 4.78 is 11.2. The number of aliphatic hydroxyl groups excluding tert-OH is 1. The molecule has 1 aliphatic heterocycles. The Morgan fingerprint density at radius 2 is 1.96 bits per heavy atom. The van der Waals surface area contributed by atoms with E-state index >= 15 is 0 Å². The van der Waals surface area contributed by atoms with Crippen LogP contribution >= 0.6 is 0 Å². The highest BCUT2D eigenvalue weighted by molar-refractivity contribution is 5.78. The minimum Gasteiger partial charge on any atom is -0.484 e. The number of hydrogen-bond acceptors (Lipinski definition) is 5. The summed E-state index contributed by atoms with van der Waals surface area (Å²) >= 11 is 0. The molecule has 1 amide bonds. The van der Waals surface area contributed by atoms with Gasteiger partial charge in [-0.1, -0.05) is 6.07 Å².